The van der Waals surface area contributed by atoms with Crippen LogP contribution < -0.4 is 10.5 Å². The third-order valence-corrected chi connectivity index (χ3v) is 2.47. The summed E-state index contributed by atoms with van der Waals surface area (Å²) in [5.41, 5.74) is 6.37. The number of nitriles is 1. The van der Waals surface area contributed by atoms with Gasteiger partial charge in [-0.05, 0) is 12.5 Å². The summed E-state index contributed by atoms with van der Waals surface area (Å²) in [6.07, 6.45) is 2.48. The predicted molar refractivity (Wildman–Crippen MR) is 57.8 cm³/mol. The lowest BCUT2D eigenvalue weighted by Gasteiger charge is -2.10. The average Bonchev–Trinajstić information content (AvgIpc) is 2.80. The summed E-state index contributed by atoms with van der Waals surface area (Å²) in [4.78, 5) is 4.00. The van der Waals surface area contributed by atoms with Crippen molar-refractivity contribution < 1.29 is 9.47 Å². The van der Waals surface area contributed by atoms with Gasteiger partial charge in [-0.2, -0.15) is 5.26 Å². The molecule has 1 aliphatic heterocycles. The Balaban J connectivity index is 2.00. The van der Waals surface area contributed by atoms with Gasteiger partial charge >= 0.3 is 0 Å². The first-order valence-corrected chi connectivity index (χ1v) is 5.16. The fourth-order valence-electron chi connectivity index (χ4n) is 1.58. The quantitative estimate of drug-likeness (QED) is 0.818. The van der Waals surface area contributed by atoms with Crippen molar-refractivity contribution in [1.29, 1.82) is 5.26 Å². The van der Waals surface area contributed by atoms with E-state index < -0.39 is 0 Å². The minimum atomic E-state index is 0.351. The van der Waals surface area contributed by atoms with Crippen molar-refractivity contribution in [3.8, 4) is 11.9 Å². The molecule has 5 heteroatoms. The zero-order valence-electron chi connectivity index (χ0n) is 8.85. The van der Waals surface area contributed by atoms with Gasteiger partial charge in [0.05, 0.1) is 25.1 Å². The first-order valence-electron chi connectivity index (χ1n) is 5.16. The van der Waals surface area contributed by atoms with Crippen molar-refractivity contribution >= 4 is 5.69 Å². The van der Waals surface area contributed by atoms with E-state index in [1.54, 1.807) is 6.07 Å². The first-order chi connectivity index (χ1) is 7.79. The lowest BCUT2D eigenvalue weighted by molar-refractivity contribution is 0.165. The van der Waals surface area contributed by atoms with Gasteiger partial charge in [0.2, 0.25) is 5.88 Å². The van der Waals surface area contributed by atoms with Gasteiger partial charge < -0.3 is 15.2 Å². The predicted octanol–water partition coefficient (Wildman–Crippen LogP) is 0.951. The van der Waals surface area contributed by atoms with Gasteiger partial charge in [-0.25, -0.2) is 4.98 Å². The van der Waals surface area contributed by atoms with E-state index in [9.17, 15) is 0 Å². The van der Waals surface area contributed by atoms with E-state index in [4.69, 9.17) is 20.5 Å². The molecule has 5 nitrogen and oxygen atoms in total. The molecule has 0 radical (unpaired) electrons. The number of aromatic nitrogens is 1. The molecule has 1 saturated heterocycles. The van der Waals surface area contributed by atoms with Crippen LogP contribution in [0.3, 0.4) is 0 Å². The lowest BCUT2D eigenvalue weighted by Crippen LogP contribution is -2.13. The van der Waals surface area contributed by atoms with Crippen LogP contribution >= 0.6 is 0 Å². The SMILES string of the molecule is N#Cc1cc(N)cnc1OCC1CCOC1. The van der Waals surface area contributed by atoms with Crippen molar-refractivity contribution in [1.82, 2.24) is 4.98 Å². The number of nitrogens with two attached hydrogens (primary N) is 1. The highest BCUT2D eigenvalue weighted by molar-refractivity contribution is 5.48. The molecular weight excluding hydrogens is 206 g/mol. The number of nitrogen functional groups attached to an aromatic ring is 1. The van der Waals surface area contributed by atoms with Gasteiger partial charge in [0.15, 0.2) is 0 Å². The molecule has 0 bridgehead atoms. The first kappa shape index (κ1) is 10.7. The van der Waals surface area contributed by atoms with Crippen LogP contribution in [0.25, 0.3) is 0 Å². The maximum absolute atomic E-state index is 8.88. The minimum absolute atomic E-state index is 0.351. The molecule has 0 spiro atoms. The number of rotatable bonds is 3. The summed E-state index contributed by atoms with van der Waals surface area (Å²) in [6.45, 7) is 2.04. The highest BCUT2D eigenvalue weighted by Gasteiger charge is 2.17. The van der Waals surface area contributed by atoms with Gasteiger partial charge in [-0.1, -0.05) is 0 Å². The summed E-state index contributed by atoms with van der Waals surface area (Å²) in [5, 5.41) is 8.88. The zero-order chi connectivity index (χ0) is 11.4. The van der Waals surface area contributed by atoms with Crippen molar-refractivity contribution in [2.24, 2.45) is 5.92 Å². The van der Waals surface area contributed by atoms with Crippen LogP contribution in [-0.2, 0) is 4.74 Å². The fourth-order valence-corrected chi connectivity index (χ4v) is 1.58. The van der Waals surface area contributed by atoms with Gasteiger partial charge in [0.1, 0.15) is 11.6 Å². The Bertz CT molecular complexity index is 408. The Morgan fingerprint density at radius 2 is 2.56 bits per heavy atom. The molecule has 1 aromatic rings. The second-order valence-corrected chi connectivity index (χ2v) is 3.77. The van der Waals surface area contributed by atoms with Crippen LogP contribution in [0.2, 0.25) is 0 Å². The number of pyridine rings is 1. The zero-order valence-corrected chi connectivity index (χ0v) is 8.85. The molecule has 2 N–H and O–H groups in total. The molecule has 1 atom stereocenters. The molecule has 84 valence electrons. The van der Waals surface area contributed by atoms with E-state index in [1.165, 1.54) is 6.20 Å². The summed E-state index contributed by atoms with van der Waals surface area (Å²) >= 11 is 0. The van der Waals surface area contributed by atoms with Crippen LogP contribution in [0.5, 0.6) is 5.88 Å². The number of nitrogens with zero attached hydrogens (tertiary/aromatic N) is 2. The molecule has 2 rings (SSSR count). The van der Waals surface area contributed by atoms with E-state index in [1.807, 2.05) is 6.07 Å². The number of hydrogen-bond donors (Lipinski definition) is 1. The van der Waals surface area contributed by atoms with E-state index in [-0.39, 0.29) is 0 Å². The maximum atomic E-state index is 8.88. The van der Waals surface area contributed by atoms with E-state index in [0.29, 0.717) is 29.7 Å². The smallest absolute Gasteiger partial charge is 0.231 e. The Labute approximate surface area is 93.8 Å². The minimum Gasteiger partial charge on any atom is -0.476 e. The van der Waals surface area contributed by atoms with Crippen molar-refractivity contribution in [2.45, 2.75) is 6.42 Å². The monoisotopic (exact) mass is 219 g/mol. The van der Waals surface area contributed by atoms with Crippen molar-refractivity contribution in [2.75, 3.05) is 25.6 Å². The molecule has 0 aliphatic carbocycles. The summed E-state index contributed by atoms with van der Waals surface area (Å²) < 4.78 is 10.7. The Morgan fingerprint density at radius 3 is 3.25 bits per heavy atom. The van der Waals surface area contributed by atoms with Crippen LogP contribution in [0.15, 0.2) is 12.3 Å². The summed E-state index contributed by atoms with van der Waals surface area (Å²) in [7, 11) is 0. The standard InChI is InChI=1S/C11H13N3O2/c12-4-9-3-10(13)5-14-11(9)16-7-8-1-2-15-6-8/h3,5,8H,1-2,6-7,13H2. The topological polar surface area (TPSA) is 81.2 Å². The third kappa shape index (κ3) is 2.41. The number of hydrogen-bond acceptors (Lipinski definition) is 5. The summed E-state index contributed by atoms with van der Waals surface area (Å²) in [5.74, 6) is 0.745. The molecule has 1 unspecified atom stereocenters. The highest BCUT2D eigenvalue weighted by Crippen LogP contribution is 2.19. The molecule has 1 fully saturated rings. The van der Waals surface area contributed by atoms with Crippen LogP contribution in [0.1, 0.15) is 12.0 Å². The normalized spacial score (nSPS) is 19.3. The molecule has 1 aromatic heterocycles. The van der Waals surface area contributed by atoms with Gasteiger partial charge in [-0.3, -0.25) is 0 Å². The Morgan fingerprint density at radius 1 is 1.69 bits per heavy atom. The fraction of sp³-hybridized carbons (Fsp3) is 0.455. The average molecular weight is 219 g/mol. The molecule has 0 amide bonds. The van der Waals surface area contributed by atoms with Gasteiger partial charge in [0, 0.05) is 12.5 Å². The van der Waals surface area contributed by atoms with E-state index in [0.717, 1.165) is 19.6 Å². The van der Waals surface area contributed by atoms with Crippen LogP contribution in [0.4, 0.5) is 5.69 Å². The molecule has 1 aliphatic rings. The molecule has 0 saturated carbocycles. The second-order valence-electron chi connectivity index (χ2n) is 3.77. The maximum Gasteiger partial charge on any atom is 0.231 e. The van der Waals surface area contributed by atoms with Crippen molar-refractivity contribution in [3.05, 3.63) is 17.8 Å². The molecule has 2 heterocycles. The van der Waals surface area contributed by atoms with E-state index in [2.05, 4.69) is 4.98 Å². The summed E-state index contributed by atoms with van der Waals surface area (Å²) in [6, 6.07) is 3.58. The Hall–Kier alpha value is -1.80. The van der Waals surface area contributed by atoms with Crippen LogP contribution in [0, 0.1) is 17.2 Å². The molecular formula is C11H13N3O2. The van der Waals surface area contributed by atoms with Gasteiger partial charge in [-0.15, -0.1) is 0 Å². The van der Waals surface area contributed by atoms with E-state index >= 15 is 0 Å². The third-order valence-electron chi connectivity index (χ3n) is 2.47. The number of anilines is 1. The Kier molecular flexibility index (Phi) is 3.22. The van der Waals surface area contributed by atoms with Crippen molar-refractivity contribution in [3.63, 3.8) is 0 Å². The lowest BCUT2D eigenvalue weighted by atomic mass is 10.1. The highest BCUT2D eigenvalue weighted by atomic mass is 16.5. The molecule has 16 heavy (non-hydrogen) atoms. The van der Waals surface area contributed by atoms with Crippen LogP contribution in [-0.4, -0.2) is 24.8 Å². The molecule has 0 aromatic carbocycles. The van der Waals surface area contributed by atoms with Gasteiger partial charge in [0.25, 0.3) is 0 Å². The largest absolute Gasteiger partial charge is 0.476 e. The number of ether oxygens (including phenoxy) is 2. The second kappa shape index (κ2) is 4.81.